The smallest absolute Gasteiger partial charge is 0.212 e. The Bertz CT molecular complexity index is 318. The normalized spacial score (nSPS) is 19.8. The van der Waals surface area contributed by atoms with Crippen molar-refractivity contribution >= 4 is 10.0 Å². The molecule has 1 atom stereocenters. The Morgan fingerprint density at radius 2 is 1.62 bits per heavy atom. The molecule has 0 radical (unpaired) electrons. The molecule has 1 aliphatic rings. The molecule has 0 heterocycles. The van der Waals surface area contributed by atoms with E-state index in [-0.39, 0.29) is 17.3 Å². The largest absolute Gasteiger partial charge is 0.216 e. The second kappa shape index (κ2) is 5.05. The standard InChI is InChI=1S/C12H25NO2S/c1-9(2)8-11(5)13(12-6-7-12)16(14,15)10(3)4/h9-12H,6-8H2,1-5H3/t11-/m0/s1. The van der Waals surface area contributed by atoms with Gasteiger partial charge in [0.05, 0.1) is 5.25 Å². The number of nitrogens with zero attached hydrogens (tertiary/aromatic N) is 1. The predicted octanol–water partition coefficient (Wildman–Crippen LogP) is 2.62. The van der Waals surface area contributed by atoms with Crippen LogP contribution in [0.3, 0.4) is 0 Å². The molecule has 1 saturated carbocycles. The van der Waals surface area contributed by atoms with Gasteiger partial charge in [0.25, 0.3) is 0 Å². The summed E-state index contributed by atoms with van der Waals surface area (Å²) in [6, 6.07) is 0.418. The maximum atomic E-state index is 12.3. The minimum absolute atomic E-state index is 0.139. The first-order chi connectivity index (χ1) is 7.26. The molecule has 0 aromatic heterocycles. The summed E-state index contributed by atoms with van der Waals surface area (Å²) in [5, 5.41) is -0.303. The summed E-state index contributed by atoms with van der Waals surface area (Å²) in [5.41, 5.74) is 0. The van der Waals surface area contributed by atoms with E-state index in [2.05, 4.69) is 13.8 Å². The first-order valence-electron chi connectivity index (χ1n) is 6.29. The molecule has 3 nitrogen and oxygen atoms in total. The molecule has 96 valence electrons. The van der Waals surface area contributed by atoms with E-state index in [4.69, 9.17) is 0 Å². The van der Waals surface area contributed by atoms with Gasteiger partial charge in [0.15, 0.2) is 0 Å². The van der Waals surface area contributed by atoms with Crippen LogP contribution in [0.5, 0.6) is 0 Å². The Labute approximate surface area is 100 Å². The summed E-state index contributed by atoms with van der Waals surface area (Å²) < 4.78 is 26.3. The van der Waals surface area contributed by atoms with Crippen molar-refractivity contribution in [2.75, 3.05) is 0 Å². The van der Waals surface area contributed by atoms with E-state index in [9.17, 15) is 8.42 Å². The fourth-order valence-corrected chi connectivity index (χ4v) is 3.88. The van der Waals surface area contributed by atoms with Gasteiger partial charge in [0.1, 0.15) is 0 Å². The van der Waals surface area contributed by atoms with Gasteiger partial charge < -0.3 is 0 Å². The van der Waals surface area contributed by atoms with Crippen molar-refractivity contribution < 1.29 is 8.42 Å². The van der Waals surface area contributed by atoms with Gasteiger partial charge >= 0.3 is 0 Å². The number of hydrogen-bond donors (Lipinski definition) is 0. The molecule has 0 saturated heterocycles. The van der Waals surface area contributed by atoms with Gasteiger partial charge in [0, 0.05) is 12.1 Å². The lowest BCUT2D eigenvalue weighted by atomic mass is 10.1. The summed E-state index contributed by atoms with van der Waals surface area (Å²) in [5.74, 6) is 0.540. The SMILES string of the molecule is CC(C)C[C@H](C)N(C1CC1)S(=O)(=O)C(C)C. The average Bonchev–Trinajstić information content (AvgIpc) is 2.85. The van der Waals surface area contributed by atoms with Gasteiger partial charge in [0.2, 0.25) is 10.0 Å². The van der Waals surface area contributed by atoms with Crippen LogP contribution in [0.15, 0.2) is 0 Å². The van der Waals surface area contributed by atoms with Crippen molar-refractivity contribution in [2.24, 2.45) is 5.92 Å². The zero-order valence-corrected chi connectivity index (χ0v) is 11.9. The molecule has 0 amide bonds. The second-order valence-electron chi connectivity index (χ2n) is 5.63. The molecule has 0 unspecified atom stereocenters. The molecular weight excluding hydrogens is 222 g/mol. The highest BCUT2D eigenvalue weighted by atomic mass is 32.2. The Morgan fingerprint density at radius 3 is 1.94 bits per heavy atom. The van der Waals surface area contributed by atoms with E-state index < -0.39 is 10.0 Å². The molecule has 1 fully saturated rings. The van der Waals surface area contributed by atoms with E-state index in [1.54, 1.807) is 18.2 Å². The molecule has 0 bridgehead atoms. The lowest BCUT2D eigenvalue weighted by molar-refractivity contribution is 0.288. The van der Waals surface area contributed by atoms with Crippen molar-refractivity contribution in [3.05, 3.63) is 0 Å². The summed E-state index contributed by atoms with van der Waals surface area (Å²) >= 11 is 0. The Balaban J connectivity index is 2.83. The van der Waals surface area contributed by atoms with E-state index in [0.29, 0.717) is 5.92 Å². The van der Waals surface area contributed by atoms with Gasteiger partial charge in [-0.1, -0.05) is 13.8 Å². The highest BCUT2D eigenvalue weighted by Crippen LogP contribution is 2.34. The molecule has 1 aliphatic carbocycles. The molecule has 0 aromatic rings. The first-order valence-corrected chi connectivity index (χ1v) is 7.79. The topological polar surface area (TPSA) is 37.4 Å². The molecule has 4 heteroatoms. The predicted molar refractivity (Wildman–Crippen MR) is 67.8 cm³/mol. The van der Waals surface area contributed by atoms with Crippen LogP contribution in [0, 0.1) is 5.92 Å². The number of sulfonamides is 1. The van der Waals surface area contributed by atoms with Crippen molar-refractivity contribution in [1.82, 2.24) is 4.31 Å². The average molecular weight is 247 g/mol. The number of rotatable bonds is 6. The van der Waals surface area contributed by atoms with E-state index >= 15 is 0 Å². The lowest BCUT2D eigenvalue weighted by Gasteiger charge is -2.31. The fraction of sp³-hybridized carbons (Fsp3) is 1.00. The second-order valence-corrected chi connectivity index (χ2v) is 8.03. The molecule has 16 heavy (non-hydrogen) atoms. The molecule has 0 aromatic carbocycles. The van der Waals surface area contributed by atoms with Crippen molar-refractivity contribution in [1.29, 1.82) is 0 Å². The van der Waals surface area contributed by atoms with E-state index in [1.165, 1.54) is 0 Å². The van der Waals surface area contributed by atoms with Crippen LogP contribution in [0.2, 0.25) is 0 Å². The van der Waals surface area contributed by atoms with Gasteiger partial charge in [-0.25, -0.2) is 8.42 Å². The minimum Gasteiger partial charge on any atom is -0.212 e. The van der Waals surface area contributed by atoms with Crippen LogP contribution in [-0.4, -0.2) is 30.1 Å². The van der Waals surface area contributed by atoms with Crippen LogP contribution in [-0.2, 0) is 10.0 Å². The fourth-order valence-electron chi connectivity index (χ4n) is 2.18. The highest BCUT2D eigenvalue weighted by Gasteiger charge is 2.41. The Kier molecular flexibility index (Phi) is 4.41. The zero-order chi connectivity index (χ0) is 12.5. The Hall–Kier alpha value is -0.0900. The number of hydrogen-bond acceptors (Lipinski definition) is 2. The Morgan fingerprint density at radius 1 is 1.12 bits per heavy atom. The summed E-state index contributed by atoms with van der Waals surface area (Å²) in [4.78, 5) is 0. The lowest BCUT2D eigenvalue weighted by Crippen LogP contribution is -2.44. The molecule has 0 N–H and O–H groups in total. The third-order valence-electron chi connectivity index (χ3n) is 3.04. The first kappa shape index (κ1) is 14.0. The monoisotopic (exact) mass is 247 g/mol. The van der Waals surface area contributed by atoms with Crippen molar-refractivity contribution in [2.45, 2.75) is 71.2 Å². The van der Waals surface area contributed by atoms with Gasteiger partial charge in [-0.3, -0.25) is 0 Å². The van der Waals surface area contributed by atoms with Crippen LogP contribution in [0.1, 0.15) is 53.9 Å². The maximum absolute atomic E-state index is 12.3. The van der Waals surface area contributed by atoms with Gasteiger partial charge in [-0.15, -0.1) is 0 Å². The van der Waals surface area contributed by atoms with Crippen LogP contribution in [0.4, 0.5) is 0 Å². The zero-order valence-electron chi connectivity index (χ0n) is 11.1. The molecule has 0 aliphatic heterocycles. The third kappa shape index (κ3) is 3.20. The molecule has 0 spiro atoms. The molecule has 1 rings (SSSR count). The summed E-state index contributed by atoms with van der Waals surface area (Å²) in [6.45, 7) is 9.87. The quantitative estimate of drug-likeness (QED) is 0.723. The van der Waals surface area contributed by atoms with E-state index in [1.807, 2.05) is 6.92 Å². The van der Waals surface area contributed by atoms with Gasteiger partial charge in [-0.2, -0.15) is 4.31 Å². The van der Waals surface area contributed by atoms with Crippen molar-refractivity contribution in [3.63, 3.8) is 0 Å². The maximum Gasteiger partial charge on any atom is 0.216 e. The summed E-state index contributed by atoms with van der Waals surface area (Å²) in [6.07, 6.45) is 3.02. The van der Waals surface area contributed by atoms with Gasteiger partial charge in [-0.05, 0) is 46.0 Å². The van der Waals surface area contributed by atoms with Crippen molar-refractivity contribution in [3.8, 4) is 0 Å². The van der Waals surface area contributed by atoms with Crippen LogP contribution >= 0.6 is 0 Å². The van der Waals surface area contributed by atoms with Crippen LogP contribution in [0.25, 0.3) is 0 Å². The third-order valence-corrected chi connectivity index (χ3v) is 5.48. The molecular formula is C12H25NO2S. The van der Waals surface area contributed by atoms with E-state index in [0.717, 1.165) is 19.3 Å². The van der Waals surface area contributed by atoms with Crippen LogP contribution < -0.4 is 0 Å². The minimum atomic E-state index is -3.09. The summed E-state index contributed by atoms with van der Waals surface area (Å²) in [7, 11) is -3.09. The highest BCUT2D eigenvalue weighted by molar-refractivity contribution is 7.89.